The van der Waals surface area contributed by atoms with Gasteiger partial charge in [-0.05, 0) is 36.6 Å². The van der Waals surface area contributed by atoms with E-state index >= 15 is 0 Å². The number of hydrogen-bond acceptors (Lipinski definition) is 3. The minimum Gasteiger partial charge on any atom is -0.352 e. The van der Waals surface area contributed by atoms with Crippen molar-refractivity contribution >= 4 is 11.8 Å². The number of halogens is 1. The van der Waals surface area contributed by atoms with Gasteiger partial charge in [-0.1, -0.05) is 45.2 Å². The predicted octanol–water partition coefficient (Wildman–Crippen LogP) is 3.14. The van der Waals surface area contributed by atoms with Crippen molar-refractivity contribution in [2.75, 3.05) is 6.54 Å². The average molecular weight is 428 g/mol. The van der Waals surface area contributed by atoms with E-state index in [0.29, 0.717) is 5.56 Å². The van der Waals surface area contributed by atoms with Gasteiger partial charge in [0.15, 0.2) is 0 Å². The molecule has 7 heteroatoms. The topological polar surface area (TPSA) is 80.2 Å². The maximum Gasteiger partial charge on any atom is 0.252 e. The summed E-state index contributed by atoms with van der Waals surface area (Å²) in [5.41, 5.74) is 0.249. The van der Waals surface area contributed by atoms with E-state index in [4.69, 9.17) is 0 Å². The Morgan fingerprint density at radius 2 is 1.87 bits per heavy atom. The van der Waals surface area contributed by atoms with Gasteiger partial charge in [0.1, 0.15) is 12.4 Å². The van der Waals surface area contributed by atoms with Crippen LogP contribution in [-0.4, -0.2) is 29.0 Å². The van der Waals surface area contributed by atoms with Crippen LogP contribution >= 0.6 is 0 Å². The van der Waals surface area contributed by atoms with Crippen LogP contribution in [0.25, 0.3) is 0 Å². The summed E-state index contributed by atoms with van der Waals surface area (Å²) in [5, 5.41) is 5.83. The number of nitrogens with one attached hydrogen (secondary N) is 2. The van der Waals surface area contributed by atoms with E-state index in [9.17, 15) is 18.8 Å². The molecule has 1 fully saturated rings. The third-order valence-electron chi connectivity index (χ3n) is 5.83. The van der Waals surface area contributed by atoms with Gasteiger partial charge < -0.3 is 15.2 Å². The second-order valence-corrected chi connectivity index (χ2v) is 8.86. The monoisotopic (exact) mass is 427 g/mol. The van der Waals surface area contributed by atoms with Gasteiger partial charge in [0.05, 0.1) is 5.56 Å². The molecule has 1 aromatic heterocycles. The van der Waals surface area contributed by atoms with Crippen molar-refractivity contribution in [2.24, 2.45) is 0 Å². The molecule has 166 valence electrons. The van der Waals surface area contributed by atoms with Crippen LogP contribution in [0.2, 0.25) is 0 Å². The lowest BCUT2D eigenvalue weighted by atomic mass is 9.84. The fourth-order valence-electron chi connectivity index (χ4n) is 3.88. The lowest BCUT2D eigenvalue weighted by molar-refractivity contribution is -0.122. The molecule has 0 unspecified atom stereocenters. The molecule has 1 heterocycles. The van der Waals surface area contributed by atoms with Crippen LogP contribution in [0.1, 0.15) is 61.9 Å². The Kier molecular flexibility index (Phi) is 7.25. The highest BCUT2D eigenvalue weighted by Gasteiger charge is 2.22. The lowest BCUT2D eigenvalue weighted by Crippen LogP contribution is -2.40. The second-order valence-electron chi connectivity index (χ2n) is 8.86. The maximum absolute atomic E-state index is 13.5. The summed E-state index contributed by atoms with van der Waals surface area (Å²) in [6.07, 6.45) is 6.74. The smallest absolute Gasteiger partial charge is 0.252 e. The molecule has 0 spiro atoms. The second kappa shape index (κ2) is 9.90. The van der Waals surface area contributed by atoms with Gasteiger partial charge in [0.25, 0.3) is 11.5 Å². The lowest BCUT2D eigenvalue weighted by Gasteiger charge is -2.25. The highest BCUT2D eigenvalue weighted by Crippen LogP contribution is 2.23. The Balaban J connectivity index is 1.62. The Morgan fingerprint density at radius 3 is 2.58 bits per heavy atom. The molecular weight excluding hydrogens is 397 g/mol. The van der Waals surface area contributed by atoms with Crippen molar-refractivity contribution in [3.8, 4) is 0 Å². The van der Waals surface area contributed by atoms with Crippen LogP contribution in [0, 0.1) is 5.82 Å². The van der Waals surface area contributed by atoms with Gasteiger partial charge in [0.2, 0.25) is 5.91 Å². The standard InChI is InChI=1S/C24H30FN3O3/c1-24(2,18-7-6-8-19(25)13-18)16-26-23(31)17-11-12-22(30)28(14-17)15-21(29)27-20-9-4-3-5-10-20/h6-8,11-14,20H,3-5,9-10,15-16H2,1-2H3,(H,26,31)(H,27,29). The van der Waals surface area contributed by atoms with Crippen molar-refractivity contribution in [1.29, 1.82) is 0 Å². The number of aromatic nitrogens is 1. The zero-order valence-electron chi connectivity index (χ0n) is 18.1. The number of hydrogen-bond donors (Lipinski definition) is 2. The fourth-order valence-corrected chi connectivity index (χ4v) is 3.88. The zero-order valence-corrected chi connectivity index (χ0v) is 18.1. The van der Waals surface area contributed by atoms with Gasteiger partial charge in [-0.25, -0.2) is 4.39 Å². The molecule has 31 heavy (non-hydrogen) atoms. The Hall–Kier alpha value is -2.96. The molecule has 0 bridgehead atoms. The predicted molar refractivity (Wildman–Crippen MR) is 117 cm³/mol. The van der Waals surface area contributed by atoms with Crippen LogP contribution in [0.3, 0.4) is 0 Å². The summed E-state index contributed by atoms with van der Waals surface area (Å²) in [5.74, 6) is -0.903. The molecule has 1 aromatic carbocycles. The highest BCUT2D eigenvalue weighted by atomic mass is 19.1. The van der Waals surface area contributed by atoms with E-state index in [1.165, 1.54) is 41.5 Å². The van der Waals surface area contributed by atoms with Gasteiger partial charge in [-0.2, -0.15) is 0 Å². The number of nitrogens with zero attached hydrogens (tertiary/aromatic N) is 1. The normalized spacial score (nSPS) is 14.8. The van der Waals surface area contributed by atoms with Crippen molar-refractivity contribution in [3.05, 3.63) is 69.9 Å². The molecule has 1 saturated carbocycles. The largest absolute Gasteiger partial charge is 0.352 e. The quantitative estimate of drug-likeness (QED) is 0.712. The van der Waals surface area contributed by atoms with Crippen molar-refractivity contribution in [2.45, 2.75) is 64.0 Å². The van der Waals surface area contributed by atoms with Crippen LogP contribution < -0.4 is 16.2 Å². The summed E-state index contributed by atoms with van der Waals surface area (Å²) in [7, 11) is 0. The number of pyridine rings is 1. The van der Waals surface area contributed by atoms with E-state index in [0.717, 1.165) is 31.2 Å². The Bertz CT molecular complexity index is 994. The molecule has 2 amide bonds. The molecule has 1 aliphatic carbocycles. The Labute approximate surface area is 181 Å². The van der Waals surface area contributed by atoms with Crippen LogP contribution in [0.15, 0.2) is 47.4 Å². The summed E-state index contributed by atoms with van der Waals surface area (Å²) in [6.45, 7) is 4.00. The summed E-state index contributed by atoms with van der Waals surface area (Å²) < 4.78 is 14.8. The number of carbonyl (C=O) groups is 2. The maximum atomic E-state index is 13.5. The van der Waals surface area contributed by atoms with E-state index in [1.807, 2.05) is 19.9 Å². The third kappa shape index (κ3) is 6.26. The van der Waals surface area contributed by atoms with Crippen molar-refractivity contribution in [3.63, 3.8) is 0 Å². The molecule has 1 aliphatic rings. The first-order valence-electron chi connectivity index (χ1n) is 10.8. The number of amides is 2. The fraction of sp³-hybridized carbons (Fsp3) is 0.458. The first-order valence-corrected chi connectivity index (χ1v) is 10.8. The van der Waals surface area contributed by atoms with Gasteiger partial charge in [-0.15, -0.1) is 0 Å². The third-order valence-corrected chi connectivity index (χ3v) is 5.83. The summed E-state index contributed by atoms with van der Waals surface area (Å²) in [6, 6.07) is 9.20. The molecular formula is C24H30FN3O3. The van der Waals surface area contributed by atoms with Crippen LogP contribution in [0.4, 0.5) is 4.39 Å². The molecule has 2 aromatic rings. The van der Waals surface area contributed by atoms with Crippen LogP contribution in [0.5, 0.6) is 0 Å². The molecule has 0 aliphatic heterocycles. The number of benzene rings is 1. The molecule has 0 saturated heterocycles. The number of carbonyl (C=O) groups excluding carboxylic acids is 2. The summed E-state index contributed by atoms with van der Waals surface area (Å²) in [4.78, 5) is 37.2. The molecule has 0 atom stereocenters. The minimum atomic E-state index is -0.480. The highest BCUT2D eigenvalue weighted by molar-refractivity contribution is 5.94. The van der Waals surface area contributed by atoms with Crippen LogP contribution in [-0.2, 0) is 16.8 Å². The molecule has 2 N–H and O–H groups in total. The van der Waals surface area contributed by atoms with E-state index in [1.54, 1.807) is 6.07 Å². The minimum absolute atomic E-state index is 0.120. The van der Waals surface area contributed by atoms with Gasteiger partial charge >= 0.3 is 0 Å². The van der Waals surface area contributed by atoms with E-state index < -0.39 is 5.41 Å². The number of rotatable bonds is 7. The van der Waals surface area contributed by atoms with E-state index in [2.05, 4.69) is 10.6 Å². The van der Waals surface area contributed by atoms with Gasteiger partial charge in [0, 0.05) is 30.3 Å². The first-order chi connectivity index (χ1) is 14.7. The van der Waals surface area contributed by atoms with Gasteiger partial charge in [-0.3, -0.25) is 14.4 Å². The van der Waals surface area contributed by atoms with Crippen molar-refractivity contribution in [1.82, 2.24) is 15.2 Å². The van der Waals surface area contributed by atoms with E-state index in [-0.39, 0.29) is 42.3 Å². The average Bonchev–Trinajstić information content (AvgIpc) is 2.74. The molecule has 3 rings (SSSR count). The SMILES string of the molecule is CC(C)(CNC(=O)c1ccc(=O)n(CC(=O)NC2CCCCC2)c1)c1cccc(F)c1. The molecule has 6 nitrogen and oxygen atoms in total. The first kappa shape index (κ1) is 22.7. The van der Waals surface area contributed by atoms with Crippen molar-refractivity contribution < 1.29 is 14.0 Å². The Morgan fingerprint density at radius 1 is 1.13 bits per heavy atom. The molecule has 0 radical (unpaired) electrons. The zero-order chi connectivity index (χ0) is 22.4. The summed E-state index contributed by atoms with van der Waals surface area (Å²) >= 11 is 0.